The van der Waals surface area contributed by atoms with E-state index in [1.807, 2.05) is 6.07 Å². The summed E-state index contributed by atoms with van der Waals surface area (Å²) in [5.41, 5.74) is 0.876. The number of aromatic amines is 1. The van der Waals surface area contributed by atoms with Crippen molar-refractivity contribution in [1.29, 1.82) is 0 Å². The van der Waals surface area contributed by atoms with E-state index in [-0.39, 0.29) is 22.6 Å². The first-order valence-corrected chi connectivity index (χ1v) is 11.3. The van der Waals surface area contributed by atoms with Gasteiger partial charge in [0.15, 0.2) is 0 Å². The van der Waals surface area contributed by atoms with E-state index in [1.54, 1.807) is 6.07 Å². The summed E-state index contributed by atoms with van der Waals surface area (Å²) in [6.45, 7) is 4.09. The van der Waals surface area contributed by atoms with E-state index in [2.05, 4.69) is 22.1 Å². The second-order valence-electron chi connectivity index (χ2n) is 10.2. The summed E-state index contributed by atoms with van der Waals surface area (Å²) in [6.07, 6.45) is 11.1. The van der Waals surface area contributed by atoms with Crippen molar-refractivity contribution in [2.24, 2.45) is 17.8 Å². The number of piperidine rings is 1. The summed E-state index contributed by atoms with van der Waals surface area (Å²) in [5.74, 6) is 2.15. The van der Waals surface area contributed by atoms with Gasteiger partial charge in [-0.05, 0) is 94.7 Å². The summed E-state index contributed by atoms with van der Waals surface area (Å²) < 4.78 is 0. The van der Waals surface area contributed by atoms with Crippen LogP contribution in [0, 0.1) is 17.8 Å². The van der Waals surface area contributed by atoms with Crippen LogP contribution in [0.1, 0.15) is 80.8 Å². The first-order chi connectivity index (χ1) is 13.5. The van der Waals surface area contributed by atoms with Gasteiger partial charge in [-0.2, -0.15) is 0 Å². The molecule has 1 aliphatic heterocycles. The zero-order valence-electron chi connectivity index (χ0n) is 17.0. The maximum atomic E-state index is 13.0. The fourth-order valence-electron chi connectivity index (χ4n) is 6.97. The lowest BCUT2D eigenvalue weighted by molar-refractivity contribution is -0.0167. The molecule has 4 saturated carbocycles. The monoisotopic (exact) mass is 383 g/mol. The Balaban J connectivity index is 1.28. The van der Waals surface area contributed by atoms with Crippen LogP contribution in [0.15, 0.2) is 16.9 Å². The molecule has 0 aromatic carbocycles. The number of aromatic nitrogens is 1. The van der Waals surface area contributed by atoms with Gasteiger partial charge in [0.25, 0.3) is 11.5 Å². The summed E-state index contributed by atoms with van der Waals surface area (Å²) >= 11 is 0. The van der Waals surface area contributed by atoms with Crippen molar-refractivity contribution in [1.82, 2.24) is 15.2 Å². The molecule has 1 atom stereocenters. The Morgan fingerprint density at radius 1 is 1.14 bits per heavy atom. The molecule has 0 radical (unpaired) electrons. The molecule has 5 aliphatic rings. The van der Waals surface area contributed by atoms with Gasteiger partial charge in [0, 0.05) is 23.8 Å². The van der Waals surface area contributed by atoms with Crippen LogP contribution >= 0.6 is 0 Å². The van der Waals surface area contributed by atoms with Gasteiger partial charge in [0.2, 0.25) is 0 Å². The largest absolute Gasteiger partial charge is 0.346 e. The quantitative estimate of drug-likeness (QED) is 0.837. The lowest BCUT2D eigenvalue weighted by Crippen LogP contribution is -2.60. The second kappa shape index (κ2) is 7.01. The van der Waals surface area contributed by atoms with Crippen molar-refractivity contribution >= 4 is 5.91 Å². The van der Waals surface area contributed by atoms with Gasteiger partial charge in [-0.15, -0.1) is 0 Å². The zero-order chi connectivity index (χ0) is 19.3. The lowest BCUT2D eigenvalue weighted by Gasteiger charge is -2.56. The number of amides is 1. The van der Waals surface area contributed by atoms with Gasteiger partial charge in [0.05, 0.1) is 0 Å². The number of likely N-dealkylation sites (tertiary alicyclic amines) is 1. The van der Waals surface area contributed by atoms with Crippen molar-refractivity contribution in [2.75, 3.05) is 6.54 Å². The van der Waals surface area contributed by atoms with Crippen molar-refractivity contribution in [3.8, 4) is 0 Å². The van der Waals surface area contributed by atoms with Crippen LogP contribution in [0.5, 0.6) is 0 Å². The fraction of sp³-hybridized carbons (Fsp3) is 0.739. The van der Waals surface area contributed by atoms with Gasteiger partial charge >= 0.3 is 0 Å². The minimum atomic E-state index is -0.246. The third kappa shape index (κ3) is 3.42. The third-order valence-corrected chi connectivity index (χ3v) is 7.95. The average Bonchev–Trinajstić information content (AvgIpc) is 2.62. The Morgan fingerprint density at radius 3 is 2.43 bits per heavy atom. The number of carbonyl (C=O) groups is 1. The number of nitrogens with one attached hydrogen (secondary N) is 2. The van der Waals surface area contributed by atoms with Crippen molar-refractivity contribution in [3.05, 3.63) is 33.7 Å². The van der Waals surface area contributed by atoms with E-state index in [1.165, 1.54) is 38.5 Å². The lowest BCUT2D eigenvalue weighted by atomic mass is 9.53. The summed E-state index contributed by atoms with van der Waals surface area (Å²) in [5, 5.41) is 3.32. The number of hydrogen-bond acceptors (Lipinski definition) is 3. The molecule has 0 spiro atoms. The first-order valence-electron chi connectivity index (χ1n) is 11.3. The Kier molecular flexibility index (Phi) is 4.61. The maximum Gasteiger partial charge on any atom is 0.261 e. The SMILES string of the molecule is CC1CCCCN1Cc1ccc(C(=O)NC23CC4CC(CC(C4)C2)C3)c(=O)[nH]1. The molecule has 5 nitrogen and oxygen atoms in total. The smallest absolute Gasteiger partial charge is 0.261 e. The summed E-state index contributed by atoms with van der Waals surface area (Å²) in [7, 11) is 0. The van der Waals surface area contributed by atoms with Crippen molar-refractivity contribution in [3.63, 3.8) is 0 Å². The molecule has 4 aliphatic carbocycles. The molecular formula is C23H33N3O2. The molecule has 1 saturated heterocycles. The van der Waals surface area contributed by atoms with E-state index in [4.69, 9.17) is 0 Å². The molecule has 1 unspecified atom stereocenters. The third-order valence-electron chi connectivity index (χ3n) is 7.95. The summed E-state index contributed by atoms with van der Waals surface area (Å²) in [6, 6.07) is 4.21. The normalized spacial score (nSPS) is 37.2. The van der Waals surface area contributed by atoms with Gasteiger partial charge in [0.1, 0.15) is 5.56 Å². The molecule has 1 amide bonds. The van der Waals surface area contributed by atoms with Crippen LogP contribution in [-0.4, -0.2) is 33.9 Å². The maximum absolute atomic E-state index is 13.0. The minimum Gasteiger partial charge on any atom is -0.346 e. The molecule has 6 rings (SSSR count). The molecule has 2 N–H and O–H groups in total. The standard InChI is InChI=1S/C23H33N3O2/c1-15-4-2-3-7-26(15)14-19-5-6-20(21(27)24-19)22(28)25-23-11-16-8-17(12-23)10-18(9-16)13-23/h5-6,15-18H,2-4,7-14H2,1H3,(H,24,27)(H,25,28). The molecule has 1 aromatic rings. The van der Waals surface area contributed by atoms with Crippen LogP contribution < -0.4 is 10.9 Å². The highest BCUT2D eigenvalue weighted by Gasteiger charge is 2.51. The van der Waals surface area contributed by atoms with E-state index >= 15 is 0 Å². The van der Waals surface area contributed by atoms with E-state index in [0.717, 1.165) is 55.8 Å². The second-order valence-corrected chi connectivity index (χ2v) is 10.2. The minimum absolute atomic E-state index is 0.0554. The predicted octanol–water partition coefficient (Wildman–Crippen LogP) is 3.45. The van der Waals surface area contributed by atoms with Crippen LogP contribution in [0.2, 0.25) is 0 Å². The number of rotatable bonds is 4. The van der Waals surface area contributed by atoms with Gasteiger partial charge in [-0.3, -0.25) is 14.5 Å². The molecule has 2 heterocycles. The van der Waals surface area contributed by atoms with Gasteiger partial charge in [-0.1, -0.05) is 6.42 Å². The molecule has 28 heavy (non-hydrogen) atoms. The van der Waals surface area contributed by atoms with E-state index in [9.17, 15) is 9.59 Å². The Labute approximate surface area is 167 Å². The number of nitrogens with zero attached hydrogens (tertiary/aromatic N) is 1. The molecular weight excluding hydrogens is 350 g/mol. The topological polar surface area (TPSA) is 65.2 Å². The van der Waals surface area contributed by atoms with Crippen molar-refractivity contribution in [2.45, 2.75) is 82.8 Å². The molecule has 5 fully saturated rings. The number of pyridine rings is 1. The molecule has 1 aromatic heterocycles. The number of H-pyrrole nitrogens is 1. The number of hydrogen-bond donors (Lipinski definition) is 2. The first kappa shape index (κ1) is 18.4. The Bertz CT molecular complexity index is 779. The Hall–Kier alpha value is -1.62. The Morgan fingerprint density at radius 2 is 1.82 bits per heavy atom. The van der Waals surface area contributed by atoms with E-state index in [0.29, 0.717) is 6.04 Å². The highest BCUT2D eigenvalue weighted by molar-refractivity contribution is 5.94. The van der Waals surface area contributed by atoms with Crippen LogP contribution in [0.3, 0.4) is 0 Å². The fourth-order valence-corrected chi connectivity index (χ4v) is 6.97. The van der Waals surface area contributed by atoms with Crippen molar-refractivity contribution < 1.29 is 4.79 Å². The predicted molar refractivity (Wildman–Crippen MR) is 109 cm³/mol. The van der Waals surface area contributed by atoms with E-state index < -0.39 is 0 Å². The van der Waals surface area contributed by atoms with Gasteiger partial charge in [-0.25, -0.2) is 0 Å². The van der Waals surface area contributed by atoms with Crippen LogP contribution in [-0.2, 0) is 6.54 Å². The molecule has 4 bridgehead atoms. The molecule has 5 heteroatoms. The van der Waals surface area contributed by atoms with Crippen LogP contribution in [0.25, 0.3) is 0 Å². The van der Waals surface area contributed by atoms with Crippen LogP contribution in [0.4, 0.5) is 0 Å². The van der Waals surface area contributed by atoms with Gasteiger partial charge < -0.3 is 10.3 Å². The summed E-state index contributed by atoms with van der Waals surface area (Å²) in [4.78, 5) is 31.0. The zero-order valence-corrected chi connectivity index (χ0v) is 17.0. The highest BCUT2D eigenvalue weighted by Crippen LogP contribution is 2.55. The highest BCUT2D eigenvalue weighted by atomic mass is 16.2. The number of carbonyl (C=O) groups excluding carboxylic acids is 1. The molecule has 152 valence electrons. The average molecular weight is 384 g/mol.